The molecular weight excluding hydrogens is 330 g/mol. The predicted molar refractivity (Wildman–Crippen MR) is 81.8 cm³/mol. The first-order valence-corrected chi connectivity index (χ1v) is 8.00. The molecule has 1 aliphatic heterocycles. The van der Waals surface area contributed by atoms with Crippen molar-refractivity contribution >= 4 is 18.5 Å². The van der Waals surface area contributed by atoms with Crippen LogP contribution in [0.1, 0.15) is 13.3 Å². The largest absolute Gasteiger partial charge is 0.394 e. The lowest BCUT2D eigenvalue weighted by atomic mass is 9.94. The van der Waals surface area contributed by atoms with E-state index in [1.54, 1.807) is 6.92 Å². The van der Waals surface area contributed by atoms with Gasteiger partial charge in [-0.2, -0.15) is 12.6 Å². The van der Waals surface area contributed by atoms with E-state index >= 15 is 0 Å². The highest BCUT2D eigenvalue weighted by Crippen LogP contribution is 2.30. The number of thiol groups is 1. The van der Waals surface area contributed by atoms with Crippen molar-refractivity contribution in [3.8, 4) is 0 Å². The molecule has 1 rings (SSSR count). The summed E-state index contributed by atoms with van der Waals surface area (Å²) in [6, 6.07) is 0. The molecule has 0 saturated carbocycles. The Kier molecular flexibility index (Phi) is 8.72. The summed E-state index contributed by atoms with van der Waals surface area (Å²) in [5.41, 5.74) is 0. The van der Waals surface area contributed by atoms with Crippen LogP contribution in [-0.4, -0.2) is 88.8 Å². The van der Waals surface area contributed by atoms with Crippen LogP contribution in [-0.2, 0) is 19.0 Å². The smallest absolute Gasteiger partial charge is 0.241 e. The molecule has 9 nitrogen and oxygen atoms in total. The van der Waals surface area contributed by atoms with Gasteiger partial charge in [-0.25, -0.2) is 0 Å². The Morgan fingerprint density at radius 2 is 2.04 bits per heavy atom. The molecule has 23 heavy (non-hydrogen) atoms. The SMILES string of the molecule is CCC(=O)NC1O[C@H](CO)[C@H](O)[C@H](O)[C@]1(O)OCCOCCS. The van der Waals surface area contributed by atoms with Crippen LogP contribution in [0.15, 0.2) is 0 Å². The maximum absolute atomic E-state index is 11.6. The summed E-state index contributed by atoms with van der Waals surface area (Å²) in [7, 11) is 0. The van der Waals surface area contributed by atoms with Crippen molar-refractivity contribution in [2.24, 2.45) is 0 Å². The number of hydrogen-bond donors (Lipinski definition) is 6. The zero-order valence-corrected chi connectivity index (χ0v) is 13.8. The quantitative estimate of drug-likeness (QED) is 0.153. The predicted octanol–water partition coefficient (Wildman–Crippen LogP) is -2.40. The van der Waals surface area contributed by atoms with Crippen LogP contribution in [0.3, 0.4) is 0 Å². The summed E-state index contributed by atoms with van der Waals surface area (Å²) in [6.45, 7) is 1.38. The number of rotatable bonds is 9. The van der Waals surface area contributed by atoms with Gasteiger partial charge in [0.2, 0.25) is 11.7 Å². The highest BCUT2D eigenvalue weighted by molar-refractivity contribution is 7.80. The normalized spacial score (nSPS) is 34.3. The lowest BCUT2D eigenvalue weighted by molar-refractivity contribution is -0.371. The van der Waals surface area contributed by atoms with E-state index < -0.39 is 42.8 Å². The number of hydrogen-bond acceptors (Lipinski definition) is 9. The molecule has 1 aliphatic rings. The molecule has 1 heterocycles. The van der Waals surface area contributed by atoms with E-state index in [-0.39, 0.29) is 19.6 Å². The van der Waals surface area contributed by atoms with E-state index in [4.69, 9.17) is 14.2 Å². The molecule has 0 spiro atoms. The van der Waals surface area contributed by atoms with E-state index in [0.717, 1.165) is 0 Å². The third kappa shape index (κ3) is 5.26. The maximum Gasteiger partial charge on any atom is 0.241 e. The summed E-state index contributed by atoms with van der Waals surface area (Å²) in [5, 5.41) is 42.1. The molecule has 0 aliphatic carbocycles. The van der Waals surface area contributed by atoms with Gasteiger partial charge in [0, 0.05) is 12.2 Å². The number of carbonyl (C=O) groups is 1. The molecule has 5 N–H and O–H groups in total. The molecule has 10 heteroatoms. The Bertz CT molecular complexity index is 374. The van der Waals surface area contributed by atoms with Crippen LogP contribution in [0.4, 0.5) is 0 Å². The van der Waals surface area contributed by atoms with Crippen molar-refractivity contribution < 1.29 is 39.4 Å². The van der Waals surface area contributed by atoms with E-state index in [0.29, 0.717) is 12.4 Å². The lowest BCUT2D eigenvalue weighted by Crippen LogP contribution is -2.71. The molecule has 0 aromatic heterocycles. The molecule has 0 bridgehead atoms. The van der Waals surface area contributed by atoms with Gasteiger partial charge in [0.25, 0.3) is 0 Å². The highest BCUT2D eigenvalue weighted by Gasteiger charge is 2.56. The average Bonchev–Trinajstić information content (AvgIpc) is 2.55. The molecule has 0 aromatic carbocycles. The summed E-state index contributed by atoms with van der Waals surface area (Å²) < 4.78 is 15.6. The zero-order valence-electron chi connectivity index (χ0n) is 12.9. The van der Waals surface area contributed by atoms with Crippen LogP contribution in [0.2, 0.25) is 0 Å². The number of aliphatic hydroxyl groups excluding tert-OH is 3. The molecule has 0 radical (unpaired) electrons. The number of carbonyl (C=O) groups excluding carboxylic acids is 1. The van der Waals surface area contributed by atoms with Crippen LogP contribution in [0, 0.1) is 0 Å². The fraction of sp³-hybridized carbons (Fsp3) is 0.923. The second kappa shape index (κ2) is 9.74. The van der Waals surface area contributed by atoms with Gasteiger partial charge in [0.1, 0.15) is 18.3 Å². The van der Waals surface area contributed by atoms with Crippen LogP contribution < -0.4 is 5.32 Å². The third-order valence-corrected chi connectivity index (χ3v) is 3.59. The highest BCUT2D eigenvalue weighted by atomic mass is 32.1. The van der Waals surface area contributed by atoms with Gasteiger partial charge in [-0.1, -0.05) is 6.92 Å². The Labute approximate surface area is 139 Å². The fourth-order valence-corrected chi connectivity index (χ4v) is 2.21. The Balaban J connectivity index is 2.79. The van der Waals surface area contributed by atoms with E-state index in [9.17, 15) is 25.2 Å². The average molecular weight is 355 g/mol. The topological polar surface area (TPSA) is 138 Å². The third-order valence-electron chi connectivity index (χ3n) is 3.40. The van der Waals surface area contributed by atoms with Crippen molar-refractivity contribution in [1.29, 1.82) is 0 Å². The minimum absolute atomic E-state index is 0.111. The van der Waals surface area contributed by atoms with Crippen LogP contribution in [0.5, 0.6) is 0 Å². The van der Waals surface area contributed by atoms with Gasteiger partial charge in [-0.05, 0) is 0 Å². The van der Waals surface area contributed by atoms with Gasteiger partial charge in [-0.3, -0.25) is 4.79 Å². The first-order chi connectivity index (χ1) is 10.9. The van der Waals surface area contributed by atoms with E-state index in [2.05, 4.69) is 17.9 Å². The molecule has 1 saturated heterocycles. The molecule has 5 atom stereocenters. The van der Waals surface area contributed by atoms with Gasteiger partial charge >= 0.3 is 0 Å². The van der Waals surface area contributed by atoms with E-state index in [1.807, 2.05) is 0 Å². The van der Waals surface area contributed by atoms with Crippen molar-refractivity contribution in [3.05, 3.63) is 0 Å². The summed E-state index contributed by atoms with van der Waals surface area (Å²) in [4.78, 5) is 11.6. The molecule has 1 amide bonds. The molecule has 136 valence electrons. The van der Waals surface area contributed by atoms with Gasteiger partial charge in [0.05, 0.1) is 26.4 Å². The Morgan fingerprint density at radius 1 is 1.35 bits per heavy atom. The van der Waals surface area contributed by atoms with Crippen molar-refractivity contribution in [1.82, 2.24) is 5.32 Å². The van der Waals surface area contributed by atoms with Crippen molar-refractivity contribution in [3.63, 3.8) is 0 Å². The minimum atomic E-state index is -2.37. The Hall–Kier alpha value is -0.460. The summed E-state index contributed by atoms with van der Waals surface area (Å²) in [6.07, 6.45) is -5.88. The molecular formula is C13H25NO8S. The van der Waals surface area contributed by atoms with Crippen molar-refractivity contribution in [2.45, 2.75) is 43.7 Å². The molecule has 1 unspecified atom stereocenters. The summed E-state index contributed by atoms with van der Waals surface area (Å²) in [5.74, 6) is -2.31. The van der Waals surface area contributed by atoms with E-state index in [1.165, 1.54) is 0 Å². The monoisotopic (exact) mass is 355 g/mol. The Morgan fingerprint density at radius 3 is 2.61 bits per heavy atom. The van der Waals surface area contributed by atoms with Gasteiger partial charge in [-0.15, -0.1) is 0 Å². The van der Waals surface area contributed by atoms with Gasteiger partial charge < -0.3 is 40.0 Å². The first kappa shape index (κ1) is 20.6. The number of nitrogens with one attached hydrogen (secondary N) is 1. The zero-order chi connectivity index (χ0) is 17.5. The van der Waals surface area contributed by atoms with Crippen LogP contribution >= 0.6 is 12.6 Å². The lowest BCUT2D eigenvalue weighted by Gasteiger charge is -2.47. The standard InChI is InChI=1S/C13H25NO8S/c1-2-9(16)14-12-13(19,21-4-3-20-5-6-23)11(18)10(17)8(7-15)22-12/h8,10-12,15,17-19,23H,2-7H2,1H3,(H,14,16)/t8-,10+,11+,12?,13+/m1/s1. The number of aliphatic hydroxyl groups is 4. The molecule has 0 aromatic rings. The molecule has 1 fully saturated rings. The second-order valence-corrected chi connectivity index (χ2v) is 5.48. The minimum Gasteiger partial charge on any atom is -0.394 e. The first-order valence-electron chi connectivity index (χ1n) is 7.37. The van der Waals surface area contributed by atoms with Gasteiger partial charge in [0.15, 0.2) is 6.23 Å². The fourth-order valence-electron chi connectivity index (χ4n) is 2.08. The number of amides is 1. The number of ether oxygens (including phenoxy) is 3. The maximum atomic E-state index is 11.6. The van der Waals surface area contributed by atoms with Crippen LogP contribution in [0.25, 0.3) is 0 Å². The summed E-state index contributed by atoms with van der Waals surface area (Å²) >= 11 is 3.97. The van der Waals surface area contributed by atoms with Crippen molar-refractivity contribution in [2.75, 3.05) is 32.2 Å². The second-order valence-electron chi connectivity index (χ2n) is 5.03.